The van der Waals surface area contributed by atoms with E-state index in [-0.39, 0.29) is 12.5 Å². The zero-order chi connectivity index (χ0) is 19.2. The standard InChI is InChI=1S/C20H21FN4O2/c1-27-19-5-3-2-4-17(19)23-20(26)14-24-8-10-25(11-9-24)18-7-6-15(13-22)12-16(18)21/h2-7,12H,8-11,14H2,1H3,(H,23,26). The van der Waals surface area contributed by atoms with Crippen molar-refractivity contribution in [2.75, 3.05) is 50.1 Å². The third-order valence-corrected chi connectivity index (χ3v) is 4.54. The fraction of sp³-hybridized carbons (Fsp3) is 0.300. The number of para-hydroxylation sites is 2. The summed E-state index contributed by atoms with van der Waals surface area (Å²) in [6, 6.07) is 13.7. The van der Waals surface area contributed by atoms with Gasteiger partial charge >= 0.3 is 0 Å². The predicted molar refractivity (Wildman–Crippen MR) is 101 cm³/mol. The summed E-state index contributed by atoms with van der Waals surface area (Å²) in [7, 11) is 1.56. The van der Waals surface area contributed by atoms with Crippen LogP contribution in [-0.2, 0) is 4.79 Å². The second-order valence-electron chi connectivity index (χ2n) is 6.29. The third kappa shape index (κ3) is 4.54. The van der Waals surface area contributed by atoms with Gasteiger partial charge in [-0.25, -0.2) is 4.39 Å². The highest BCUT2D eigenvalue weighted by Crippen LogP contribution is 2.24. The summed E-state index contributed by atoms with van der Waals surface area (Å²) in [4.78, 5) is 16.3. The van der Waals surface area contributed by atoms with Crippen molar-refractivity contribution in [3.05, 3.63) is 53.8 Å². The number of ether oxygens (including phenoxy) is 1. The van der Waals surface area contributed by atoms with Gasteiger partial charge in [0.2, 0.25) is 5.91 Å². The highest BCUT2D eigenvalue weighted by atomic mass is 19.1. The first kappa shape index (κ1) is 18.7. The lowest BCUT2D eigenvalue weighted by molar-refractivity contribution is -0.117. The van der Waals surface area contributed by atoms with E-state index < -0.39 is 5.82 Å². The molecule has 1 saturated heterocycles. The molecular formula is C20H21FN4O2. The van der Waals surface area contributed by atoms with Gasteiger partial charge in [-0.15, -0.1) is 0 Å². The minimum absolute atomic E-state index is 0.113. The SMILES string of the molecule is COc1ccccc1NC(=O)CN1CCN(c2ccc(C#N)cc2F)CC1. The summed E-state index contributed by atoms with van der Waals surface area (Å²) in [5.41, 5.74) is 1.44. The average molecular weight is 368 g/mol. The largest absolute Gasteiger partial charge is 0.495 e. The van der Waals surface area contributed by atoms with Crippen LogP contribution in [0.1, 0.15) is 5.56 Å². The maximum Gasteiger partial charge on any atom is 0.238 e. The summed E-state index contributed by atoms with van der Waals surface area (Å²) < 4.78 is 19.4. The molecule has 27 heavy (non-hydrogen) atoms. The van der Waals surface area contributed by atoms with Gasteiger partial charge in [0, 0.05) is 26.2 Å². The number of methoxy groups -OCH3 is 1. The molecule has 0 atom stereocenters. The van der Waals surface area contributed by atoms with Gasteiger partial charge in [0.25, 0.3) is 0 Å². The molecule has 1 aliphatic rings. The van der Waals surface area contributed by atoms with Crippen molar-refractivity contribution in [3.63, 3.8) is 0 Å². The van der Waals surface area contributed by atoms with Gasteiger partial charge in [-0.2, -0.15) is 5.26 Å². The van der Waals surface area contributed by atoms with Gasteiger partial charge in [-0.3, -0.25) is 9.69 Å². The molecule has 1 fully saturated rings. The molecule has 6 nitrogen and oxygen atoms in total. The van der Waals surface area contributed by atoms with Crippen LogP contribution >= 0.6 is 0 Å². The minimum Gasteiger partial charge on any atom is -0.495 e. The van der Waals surface area contributed by atoms with Crippen LogP contribution in [0.3, 0.4) is 0 Å². The molecule has 1 N–H and O–H groups in total. The molecular weight excluding hydrogens is 347 g/mol. The fourth-order valence-electron chi connectivity index (χ4n) is 3.12. The van der Waals surface area contributed by atoms with Crippen molar-refractivity contribution in [3.8, 4) is 11.8 Å². The first-order valence-corrected chi connectivity index (χ1v) is 8.70. The summed E-state index contributed by atoms with van der Waals surface area (Å²) in [6.07, 6.45) is 0. The molecule has 0 aromatic heterocycles. The van der Waals surface area contributed by atoms with E-state index in [1.165, 1.54) is 6.07 Å². The van der Waals surface area contributed by atoms with Crippen LogP contribution in [0.5, 0.6) is 5.75 Å². The van der Waals surface area contributed by atoms with Gasteiger partial charge in [0.05, 0.1) is 36.7 Å². The zero-order valence-corrected chi connectivity index (χ0v) is 15.1. The van der Waals surface area contributed by atoms with Crippen molar-refractivity contribution in [2.24, 2.45) is 0 Å². The number of nitrogens with zero attached hydrogens (tertiary/aromatic N) is 3. The van der Waals surface area contributed by atoms with E-state index in [1.807, 2.05) is 28.0 Å². The molecule has 2 aromatic carbocycles. The monoisotopic (exact) mass is 368 g/mol. The fourth-order valence-corrected chi connectivity index (χ4v) is 3.12. The van der Waals surface area contributed by atoms with Crippen LogP contribution in [0.2, 0.25) is 0 Å². The lowest BCUT2D eigenvalue weighted by Crippen LogP contribution is -2.48. The van der Waals surface area contributed by atoms with Crippen molar-refractivity contribution in [2.45, 2.75) is 0 Å². The molecule has 0 bridgehead atoms. The number of carbonyl (C=O) groups is 1. The van der Waals surface area contributed by atoms with E-state index in [2.05, 4.69) is 5.32 Å². The lowest BCUT2D eigenvalue weighted by atomic mass is 10.2. The molecule has 0 aliphatic carbocycles. The van der Waals surface area contributed by atoms with Gasteiger partial charge in [0.15, 0.2) is 0 Å². The van der Waals surface area contributed by atoms with Crippen molar-refractivity contribution < 1.29 is 13.9 Å². The molecule has 3 rings (SSSR count). The van der Waals surface area contributed by atoms with E-state index in [9.17, 15) is 9.18 Å². The molecule has 7 heteroatoms. The topological polar surface area (TPSA) is 68.6 Å². The van der Waals surface area contributed by atoms with Crippen molar-refractivity contribution >= 4 is 17.3 Å². The Morgan fingerprint density at radius 3 is 2.63 bits per heavy atom. The second-order valence-corrected chi connectivity index (χ2v) is 6.29. The second kappa shape index (κ2) is 8.52. The Balaban J connectivity index is 1.53. The van der Waals surface area contributed by atoms with Gasteiger partial charge in [-0.05, 0) is 30.3 Å². The van der Waals surface area contributed by atoms with Crippen LogP contribution < -0.4 is 15.0 Å². The number of piperazine rings is 1. The maximum absolute atomic E-state index is 14.2. The number of carbonyl (C=O) groups excluding carboxylic acids is 1. The summed E-state index contributed by atoms with van der Waals surface area (Å²) >= 11 is 0. The van der Waals surface area contributed by atoms with Crippen LogP contribution in [0, 0.1) is 17.1 Å². The Kier molecular flexibility index (Phi) is 5.89. The molecule has 140 valence electrons. The normalized spacial score (nSPS) is 14.5. The summed E-state index contributed by atoms with van der Waals surface area (Å²) in [6.45, 7) is 2.80. The number of nitrogens with one attached hydrogen (secondary N) is 1. The Bertz CT molecular complexity index is 857. The molecule has 1 amide bonds. The van der Waals surface area contributed by atoms with Crippen LogP contribution in [-0.4, -0.2) is 50.6 Å². The van der Waals surface area contributed by atoms with E-state index in [1.54, 1.807) is 31.4 Å². The first-order chi connectivity index (χ1) is 13.1. The van der Waals surface area contributed by atoms with Crippen LogP contribution in [0.4, 0.5) is 15.8 Å². The summed E-state index contributed by atoms with van der Waals surface area (Å²) in [5, 5.41) is 11.7. The predicted octanol–water partition coefficient (Wildman–Crippen LogP) is 2.47. The third-order valence-electron chi connectivity index (χ3n) is 4.54. The summed E-state index contributed by atoms with van der Waals surface area (Å²) in [5.74, 6) is 0.112. The zero-order valence-electron chi connectivity index (χ0n) is 15.1. The minimum atomic E-state index is -0.392. The number of hydrogen-bond donors (Lipinski definition) is 1. The van der Waals surface area contributed by atoms with Gasteiger partial charge < -0.3 is 15.0 Å². The van der Waals surface area contributed by atoms with Gasteiger partial charge in [0.1, 0.15) is 11.6 Å². The highest BCUT2D eigenvalue weighted by molar-refractivity contribution is 5.93. The Hall–Kier alpha value is -3.11. The molecule has 0 saturated carbocycles. The van der Waals surface area contributed by atoms with Crippen LogP contribution in [0.25, 0.3) is 0 Å². The molecule has 2 aromatic rings. The molecule has 0 unspecified atom stereocenters. The smallest absolute Gasteiger partial charge is 0.238 e. The van der Waals surface area contributed by atoms with E-state index in [4.69, 9.17) is 10.00 Å². The van der Waals surface area contributed by atoms with Crippen LogP contribution in [0.15, 0.2) is 42.5 Å². The van der Waals surface area contributed by atoms with E-state index in [0.29, 0.717) is 48.9 Å². The number of hydrogen-bond acceptors (Lipinski definition) is 5. The number of halogens is 1. The highest BCUT2D eigenvalue weighted by Gasteiger charge is 2.21. The Labute approximate surface area is 157 Å². The van der Waals surface area contributed by atoms with E-state index >= 15 is 0 Å². The number of rotatable bonds is 5. The Morgan fingerprint density at radius 1 is 1.22 bits per heavy atom. The molecule has 1 aliphatic heterocycles. The first-order valence-electron chi connectivity index (χ1n) is 8.70. The average Bonchev–Trinajstić information content (AvgIpc) is 2.69. The van der Waals surface area contributed by atoms with Gasteiger partial charge in [-0.1, -0.05) is 12.1 Å². The number of benzene rings is 2. The quantitative estimate of drug-likeness (QED) is 0.878. The number of nitriles is 1. The van der Waals surface area contributed by atoms with Crippen molar-refractivity contribution in [1.82, 2.24) is 4.90 Å². The maximum atomic E-state index is 14.2. The Morgan fingerprint density at radius 2 is 1.96 bits per heavy atom. The van der Waals surface area contributed by atoms with E-state index in [0.717, 1.165) is 0 Å². The van der Waals surface area contributed by atoms with Crippen molar-refractivity contribution in [1.29, 1.82) is 5.26 Å². The molecule has 1 heterocycles. The molecule has 0 spiro atoms. The number of anilines is 2. The lowest BCUT2D eigenvalue weighted by Gasteiger charge is -2.35. The number of amides is 1. The molecule has 0 radical (unpaired) electrons.